The molecule has 0 amide bonds. The van der Waals surface area contributed by atoms with Crippen molar-refractivity contribution in [2.75, 3.05) is 39.3 Å². The van der Waals surface area contributed by atoms with Crippen molar-refractivity contribution < 1.29 is 17.9 Å². The van der Waals surface area contributed by atoms with Crippen molar-refractivity contribution in [2.24, 2.45) is 4.99 Å². The lowest BCUT2D eigenvalue weighted by Gasteiger charge is -2.32. The van der Waals surface area contributed by atoms with Crippen LogP contribution in [0.2, 0.25) is 0 Å². The summed E-state index contributed by atoms with van der Waals surface area (Å²) in [6.45, 7) is 8.38. The highest BCUT2D eigenvalue weighted by Gasteiger charge is 2.35. The molecule has 2 heterocycles. The second-order valence-corrected chi connectivity index (χ2v) is 6.72. The summed E-state index contributed by atoms with van der Waals surface area (Å²) in [7, 11) is 0. The monoisotopic (exact) mass is 529 g/mol. The summed E-state index contributed by atoms with van der Waals surface area (Å²) in [5, 5.41) is 6.59. The van der Waals surface area contributed by atoms with Crippen molar-refractivity contribution in [1.29, 1.82) is 0 Å². The number of alkyl halides is 3. The Morgan fingerprint density at radius 2 is 2.03 bits per heavy atom. The molecule has 0 saturated carbocycles. The van der Waals surface area contributed by atoms with Crippen LogP contribution in [0.4, 0.5) is 13.2 Å². The van der Waals surface area contributed by atoms with Crippen LogP contribution in [0, 0.1) is 0 Å². The maximum Gasteiger partial charge on any atom is 0.421 e. The van der Waals surface area contributed by atoms with E-state index in [1.807, 2.05) is 6.92 Å². The zero-order valence-corrected chi connectivity index (χ0v) is 19.3. The van der Waals surface area contributed by atoms with Crippen molar-refractivity contribution in [1.82, 2.24) is 20.5 Å². The topological polar surface area (TPSA) is 61.8 Å². The smallest absolute Gasteiger partial charge is 0.421 e. The molecule has 0 spiro atoms. The second kappa shape index (κ2) is 13.1. The number of aliphatic imine (C=N–C) groups is 1. The molecule has 10 heteroatoms. The average Bonchev–Trinajstić information content (AvgIpc) is 2.66. The minimum atomic E-state index is -4.49. The molecule has 0 aromatic carbocycles. The minimum absolute atomic E-state index is 0. The molecule has 1 aromatic rings. The third-order valence-electron chi connectivity index (χ3n) is 4.49. The predicted molar refractivity (Wildman–Crippen MR) is 119 cm³/mol. The van der Waals surface area contributed by atoms with Crippen LogP contribution in [0.1, 0.15) is 38.7 Å². The fraction of sp³-hybridized carbons (Fsp3) is 0.684. The lowest BCUT2D eigenvalue weighted by molar-refractivity contribution is -0.139. The fourth-order valence-electron chi connectivity index (χ4n) is 3.15. The number of nitrogens with zero attached hydrogens (tertiary/aromatic N) is 3. The van der Waals surface area contributed by atoms with Gasteiger partial charge in [-0.05, 0) is 44.9 Å². The number of nitrogens with one attached hydrogen (secondary N) is 2. The number of aromatic nitrogens is 1. The molecule has 1 aliphatic heterocycles. The van der Waals surface area contributed by atoms with Crippen LogP contribution in [0.3, 0.4) is 0 Å². The molecule has 29 heavy (non-hydrogen) atoms. The van der Waals surface area contributed by atoms with Gasteiger partial charge in [-0.1, -0.05) is 6.92 Å². The number of guanidine groups is 1. The van der Waals surface area contributed by atoms with Gasteiger partial charge >= 0.3 is 6.18 Å². The van der Waals surface area contributed by atoms with Gasteiger partial charge in [0.2, 0.25) is 5.88 Å². The quantitative estimate of drug-likeness (QED) is 0.234. The molecular formula is C19H31F3IN5O. The standard InChI is InChI=1S/C19H30F3N5O.HI/c1-3-11-27-12-7-15(8-13-27)26-18(23-4-2)25-10-14-28-17-16(19(20,21)22)6-5-9-24-17;/h5-6,9,15H,3-4,7-8,10-14H2,1-2H3,(H2,23,25,26);1H. The molecule has 0 radical (unpaired) electrons. The van der Waals surface area contributed by atoms with Crippen LogP contribution in [-0.4, -0.2) is 61.2 Å². The second-order valence-electron chi connectivity index (χ2n) is 6.72. The molecule has 1 fully saturated rings. The molecule has 2 rings (SSSR count). The third-order valence-corrected chi connectivity index (χ3v) is 4.49. The van der Waals surface area contributed by atoms with E-state index in [0.29, 0.717) is 18.5 Å². The van der Waals surface area contributed by atoms with Crippen molar-refractivity contribution in [3.63, 3.8) is 0 Å². The molecule has 1 saturated heterocycles. The lowest BCUT2D eigenvalue weighted by Crippen LogP contribution is -2.48. The minimum Gasteiger partial charge on any atom is -0.475 e. The first-order valence-corrected chi connectivity index (χ1v) is 9.86. The molecule has 1 aromatic heterocycles. The van der Waals surface area contributed by atoms with E-state index in [9.17, 15) is 13.2 Å². The zero-order chi connectivity index (χ0) is 20.4. The number of pyridine rings is 1. The number of hydrogen-bond donors (Lipinski definition) is 2. The van der Waals surface area contributed by atoms with E-state index in [2.05, 4.69) is 32.4 Å². The first kappa shape index (κ1) is 25.7. The Balaban J connectivity index is 0.00000420. The lowest BCUT2D eigenvalue weighted by atomic mass is 10.1. The third kappa shape index (κ3) is 8.93. The van der Waals surface area contributed by atoms with Gasteiger partial charge in [0.1, 0.15) is 12.2 Å². The maximum atomic E-state index is 13.0. The Labute approximate surface area is 187 Å². The van der Waals surface area contributed by atoms with Crippen LogP contribution in [0.5, 0.6) is 5.88 Å². The van der Waals surface area contributed by atoms with Gasteiger partial charge in [0.15, 0.2) is 5.96 Å². The number of halogens is 4. The van der Waals surface area contributed by atoms with Crippen LogP contribution < -0.4 is 15.4 Å². The van der Waals surface area contributed by atoms with Crippen LogP contribution >= 0.6 is 24.0 Å². The normalized spacial score (nSPS) is 16.2. The molecule has 0 atom stereocenters. The Hall–Kier alpha value is -1.30. The van der Waals surface area contributed by atoms with Crippen molar-refractivity contribution in [3.05, 3.63) is 23.9 Å². The van der Waals surface area contributed by atoms with E-state index in [0.717, 1.165) is 45.0 Å². The number of rotatable bonds is 8. The number of likely N-dealkylation sites (tertiary alicyclic amines) is 1. The summed E-state index contributed by atoms with van der Waals surface area (Å²) in [5.74, 6) is 0.253. The number of hydrogen-bond acceptors (Lipinski definition) is 4. The SMILES string of the molecule is CCCN1CCC(NC(=NCCOc2ncccc2C(F)(F)F)NCC)CC1.I. The van der Waals surface area contributed by atoms with E-state index < -0.39 is 17.6 Å². The number of piperidine rings is 1. The fourth-order valence-corrected chi connectivity index (χ4v) is 3.15. The van der Waals surface area contributed by atoms with Gasteiger partial charge in [0.05, 0.1) is 6.54 Å². The highest BCUT2D eigenvalue weighted by atomic mass is 127. The zero-order valence-electron chi connectivity index (χ0n) is 17.0. The van der Waals surface area contributed by atoms with Crippen molar-refractivity contribution >= 4 is 29.9 Å². The van der Waals surface area contributed by atoms with E-state index >= 15 is 0 Å². The molecule has 6 nitrogen and oxygen atoms in total. The molecule has 0 aliphatic carbocycles. The summed E-state index contributed by atoms with van der Waals surface area (Å²) in [6.07, 6.45) is 0.0441. The van der Waals surface area contributed by atoms with Gasteiger partial charge in [-0.15, -0.1) is 24.0 Å². The molecule has 2 N–H and O–H groups in total. The Morgan fingerprint density at radius 3 is 2.66 bits per heavy atom. The van der Waals surface area contributed by atoms with Gasteiger partial charge in [-0.25, -0.2) is 9.98 Å². The van der Waals surface area contributed by atoms with E-state index in [1.54, 1.807) is 0 Å². The number of ether oxygens (including phenoxy) is 1. The summed E-state index contributed by atoms with van der Waals surface area (Å²) in [5.41, 5.74) is -0.872. The highest BCUT2D eigenvalue weighted by Crippen LogP contribution is 2.34. The van der Waals surface area contributed by atoms with E-state index in [1.165, 1.54) is 12.3 Å². The average molecular weight is 529 g/mol. The molecule has 0 unspecified atom stereocenters. The van der Waals surface area contributed by atoms with Gasteiger partial charge in [0.25, 0.3) is 0 Å². The largest absolute Gasteiger partial charge is 0.475 e. The summed E-state index contributed by atoms with van der Waals surface area (Å²) < 4.78 is 44.1. The van der Waals surface area contributed by atoms with Gasteiger partial charge in [0, 0.05) is 31.9 Å². The molecule has 1 aliphatic rings. The van der Waals surface area contributed by atoms with Gasteiger partial charge < -0.3 is 20.3 Å². The molecular weight excluding hydrogens is 498 g/mol. The Bertz CT molecular complexity index is 622. The maximum absolute atomic E-state index is 13.0. The Morgan fingerprint density at radius 1 is 1.31 bits per heavy atom. The summed E-state index contributed by atoms with van der Waals surface area (Å²) in [6, 6.07) is 2.55. The van der Waals surface area contributed by atoms with E-state index in [-0.39, 0.29) is 37.1 Å². The summed E-state index contributed by atoms with van der Waals surface area (Å²) >= 11 is 0. The Kier molecular flexibility index (Phi) is 11.6. The van der Waals surface area contributed by atoms with E-state index in [4.69, 9.17) is 4.74 Å². The first-order chi connectivity index (χ1) is 13.4. The highest BCUT2D eigenvalue weighted by molar-refractivity contribution is 14.0. The molecule has 0 bridgehead atoms. The van der Waals surface area contributed by atoms with Crippen molar-refractivity contribution in [2.45, 2.75) is 45.3 Å². The first-order valence-electron chi connectivity index (χ1n) is 9.86. The van der Waals surface area contributed by atoms with Gasteiger partial charge in [-0.3, -0.25) is 0 Å². The molecule has 166 valence electrons. The predicted octanol–water partition coefficient (Wildman–Crippen LogP) is 3.53. The van der Waals surface area contributed by atoms with Crippen molar-refractivity contribution in [3.8, 4) is 5.88 Å². The van der Waals surface area contributed by atoms with Crippen LogP contribution in [0.25, 0.3) is 0 Å². The summed E-state index contributed by atoms with van der Waals surface area (Å²) in [4.78, 5) is 10.6. The van der Waals surface area contributed by atoms with Gasteiger partial charge in [-0.2, -0.15) is 13.2 Å². The van der Waals surface area contributed by atoms with Crippen LogP contribution in [0.15, 0.2) is 23.3 Å². The van der Waals surface area contributed by atoms with Crippen LogP contribution in [-0.2, 0) is 6.18 Å².